The third-order valence-electron chi connectivity index (χ3n) is 2.09. The van der Waals surface area contributed by atoms with Crippen molar-refractivity contribution in [1.29, 1.82) is 0 Å². The minimum Gasteiger partial charge on any atom is -0.258 e. The van der Waals surface area contributed by atoms with Gasteiger partial charge in [-0.15, -0.1) is 0 Å². The summed E-state index contributed by atoms with van der Waals surface area (Å²) in [6.45, 7) is 4.21. The first-order valence-electron chi connectivity index (χ1n) is 4.75. The molecule has 0 aliphatic carbocycles. The first-order valence-corrected chi connectivity index (χ1v) is 4.75. The summed E-state index contributed by atoms with van der Waals surface area (Å²) in [6.07, 6.45) is 1.69. The summed E-state index contributed by atoms with van der Waals surface area (Å²) in [6, 6.07) is 7.84. The van der Waals surface area contributed by atoms with Gasteiger partial charge in [-0.2, -0.15) is 0 Å². The van der Waals surface area contributed by atoms with Gasteiger partial charge in [0.25, 0.3) is 5.69 Å². The summed E-state index contributed by atoms with van der Waals surface area (Å²) in [4.78, 5) is 10.3. The molecule has 1 radical (unpaired) electrons. The molecule has 0 aliphatic heterocycles. The zero-order chi connectivity index (χ0) is 10.6. The molecule has 1 aromatic rings. The highest BCUT2D eigenvalue weighted by Crippen LogP contribution is 2.19. The second-order valence-electron chi connectivity index (χ2n) is 3.72. The molecule has 0 heterocycles. The maximum absolute atomic E-state index is 10.7. The molecular formula is C11H14NO2. The summed E-state index contributed by atoms with van der Waals surface area (Å²) < 4.78 is 0. The summed E-state index contributed by atoms with van der Waals surface area (Å²) >= 11 is 0. The minimum atomic E-state index is -0.341. The van der Waals surface area contributed by atoms with E-state index in [1.165, 1.54) is 6.07 Å². The van der Waals surface area contributed by atoms with E-state index in [1.807, 2.05) is 0 Å². The molecule has 0 N–H and O–H groups in total. The molecule has 1 rings (SSSR count). The van der Waals surface area contributed by atoms with Crippen LogP contribution in [-0.2, 0) is 6.42 Å². The number of nitro groups is 1. The van der Waals surface area contributed by atoms with Crippen molar-refractivity contribution in [1.82, 2.24) is 0 Å². The molecule has 0 fully saturated rings. The van der Waals surface area contributed by atoms with Crippen LogP contribution in [0.3, 0.4) is 0 Å². The lowest BCUT2D eigenvalue weighted by molar-refractivity contribution is -0.385. The summed E-state index contributed by atoms with van der Waals surface area (Å²) in [7, 11) is 0. The predicted octanol–water partition coefficient (Wildman–Crippen LogP) is 2.98. The molecule has 0 saturated carbocycles. The van der Waals surface area contributed by atoms with Gasteiger partial charge >= 0.3 is 0 Å². The highest BCUT2D eigenvalue weighted by Gasteiger charge is 2.12. The number of hydrogen-bond donors (Lipinski definition) is 0. The molecule has 0 atom stereocenters. The van der Waals surface area contributed by atoms with E-state index < -0.39 is 0 Å². The van der Waals surface area contributed by atoms with Crippen LogP contribution in [0, 0.1) is 22.1 Å². The van der Waals surface area contributed by atoms with Crippen LogP contribution in [0.4, 0.5) is 5.69 Å². The Balaban J connectivity index is 2.79. The first-order chi connectivity index (χ1) is 6.61. The number of hydrogen-bond acceptors (Lipinski definition) is 2. The molecule has 14 heavy (non-hydrogen) atoms. The van der Waals surface area contributed by atoms with Crippen LogP contribution in [0.25, 0.3) is 0 Å². The van der Waals surface area contributed by atoms with Gasteiger partial charge in [-0.25, -0.2) is 0 Å². The monoisotopic (exact) mass is 192 g/mol. The number of aryl methyl sites for hydroxylation is 1. The van der Waals surface area contributed by atoms with Gasteiger partial charge in [0.2, 0.25) is 0 Å². The van der Waals surface area contributed by atoms with Crippen molar-refractivity contribution in [3.05, 3.63) is 39.9 Å². The molecule has 0 saturated heterocycles. The largest absolute Gasteiger partial charge is 0.273 e. The standard InChI is InChI=1S/C11H14NO2/c1-9(2)7-8-10-5-3-4-6-11(10)12(13)14/h3-4,6,9H,7-8H2,1-2H3. The quantitative estimate of drug-likeness (QED) is 0.543. The topological polar surface area (TPSA) is 43.1 Å². The maximum atomic E-state index is 10.7. The zero-order valence-electron chi connectivity index (χ0n) is 8.49. The molecule has 0 amide bonds. The van der Waals surface area contributed by atoms with Crippen LogP contribution in [-0.4, -0.2) is 4.92 Å². The van der Waals surface area contributed by atoms with Gasteiger partial charge in [-0.3, -0.25) is 10.1 Å². The molecular weight excluding hydrogens is 178 g/mol. The van der Waals surface area contributed by atoms with E-state index in [9.17, 15) is 10.1 Å². The molecule has 3 heteroatoms. The molecule has 75 valence electrons. The normalized spacial score (nSPS) is 10.5. The van der Waals surface area contributed by atoms with Crippen LogP contribution in [0.15, 0.2) is 18.2 Å². The Morgan fingerprint density at radius 3 is 2.86 bits per heavy atom. The fraction of sp³-hybridized carbons (Fsp3) is 0.455. The second kappa shape index (κ2) is 4.74. The Labute approximate surface area is 83.9 Å². The molecule has 0 aliphatic rings. The molecule has 0 unspecified atom stereocenters. The fourth-order valence-corrected chi connectivity index (χ4v) is 1.27. The Hall–Kier alpha value is -1.38. The first kappa shape index (κ1) is 10.7. The Kier molecular flexibility index (Phi) is 3.63. The molecule has 1 aromatic carbocycles. The zero-order valence-corrected chi connectivity index (χ0v) is 8.49. The predicted molar refractivity (Wildman–Crippen MR) is 55.1 cm³/mol. The molecule has 0 aromatic heterocycles. The highest BCUT2D eigenvalue weighted by molar-refractivity contribution is 5.38. The van der Waals surface area contributed by atoms with Crippen molar-refractivity contribution in [2.24, 2.45) is 5.92 Å². The Morgan fingerprint density at radius 2 is 2.29 bits per heavy atom. The second-order valence-corrected chi connectivity index (χ2v) is 3.72. The lowest BCUT2D eigenvalue weighted by Crippen LogP contribution is -1.97. The molecule has 3 nitrogen and oxygen atoms in total. The Bertz CT molecular complexity index is 321. The SMILES string of the molecule is CC(C)CCc1[c]cccc1[N+](=O)[O-]. The minimum absolute atomic E-state index is 0.188. The maximum Gasteiger partial charge on any atom is 0.273 e. The van der Waals surface area contributed by atoms with Crippen LogP contribution in [0.1, 0.15) is 25.8 Å². The molecule has 0 bridgehead atoms. The van der Waals surface area contributed by atoms with E-state index in [4.69, 9.17) is 0 Å². The van der Waals surface area contributed by atoms with E-state index in [0.29, 0.717) is 11.5 Å². The van der Waals surface area contributed by atoms with E-state index >= 15 is 0 Å². The third-order valence-corrected chi connectivity index (χ3v) is 2.09. The van der Waals surface area contributed by atoms with Crippen LogP contribution in [0.5, 0.6) is 0 Å². The highest BCUT2D eigenvalue weighted by atomic mass is 16.6. The van der Waals surface area contributed by atoms with Crippen molar-refractivity contribution in [2.45, 2.75) is 26.7 Å². The average molecular weight is 192 g/mol. The number of nitro benzene ring substituents is 1. The number of benzene rings is 1. The van der Waals surface area contributed by atoms with E-state index in [0.717, 1.165) is 12.8 Å². The van der Waals surface area contributed by atoms with Gasteiger partial charge in [0, 0.05) is 11.6 Å². The van der Waals surface area contributed by atoms with Crippen molar-refractivity contribution in [2.75, 3.05) is 0 Å². The Morgan fingerprint density at radius 1 is 1.57 bits per heavy atom. The van der Waals surface area contributed by atoms with Gasteiger partial charge in [-0.1, -0.05) is 26.0 Å². The van der Waals surface area contributed by atoms with E-state index in [2.05, 4.69) is 19.9 Å². The van der Waals surface area contributed by atoms with Gasteiger partial charge in [0.05, 0.1) is 4.92 Å². The van der Waals surface area contributed by atoms with Crippen molar-refractivity contribution in [3.8, 4) is 0 Å². The smallest absolute Gasteiger partial charge is 0.258 e. The average Bonchev–Trinajstić information content (AvgIpc) is 2.15. The number of rotatable bonds is 4. The van der Waals surface area contributed by atoms with Crippen molar-refractivity contribution < 1.29 is 4.92 Å². The van der Waals surface area contributed by atoms with Crippen LogP contribution in [0.2, 0.25) is 0 Å². The van der Waals surface area contributed by atoms with Gasteiger partial charge in [0.15, 0.2) is 0 Å². The van der Waals surface area contributed by atoms with Crippen LogP contribution >= 0.6 is 0 Å². The van der Waals surface area contributed by atoms with E-state index in [-0.39, 0.29) is 10.6 Å². The van der Waals surface area contributed by atoms with Crippen LogP contribution < -0.4 is 0 Å². The van der Waals surface area contributed by atoms with E-state index in [1.54, 1.807) is 12.1 Å². The van der Waals surface area contributed by atoms with Gasteiger partial charge in [0.1, 0.15) is 0 Å². The lowest BCUT2D eigenvalue weighted by Gasteiger charge is -2.04. The number of nitrogens with zero attached hydrogens (tertiary/aromatic N) is 1. The molecule has 0 spiro atoms. The fourth-order valence-electron chi connectivity index (χ4n) is 1.27. The summed E-state index contributed by atoms with van der Waals surface area (Å²) in [5.41, 5.74) is 0.902. The third kappa shape index (κ3) is 2.83. The van der Waals surface area contributed by atoms with Crippen molar-refractivity contribution >= 4 is 5.69 Å². The van der Waals surface area contributed by atoms with Crippen molar-refractivity contribution in [3.63, 3.8) is 0 Å². The lowest BCUT2D eigenvalue weighted by atomic mass is 10.0. The van der Waals surface area contributed by atoms with Gasteiger partial charge < -0.3 is 0 Å². The summed E-state index contributed by atoms with van der Waals surface area (Å²) in [5.74, 6) is 0.559. The van der Waals surface area contributed by atoms with Gasteiger partial charge in [-0.05, 0) is 24.8 Å². The summed E-state index contributed by atoms with van der Waals surface area (Å²) in [5, 5.41) is 10.7.